The summed E-state index contributed by atoms with van der Waals surface area (Å²) in [6.45, 7) is 16.6. The molecule has 0 aliphatic carbocycles. The van der Waals surface area contributed by atoms with E-state index in [2.05, 4.69) is 39.7 Å². The van der Waals surface area contributed by atoms with E-state index in [0.29, 0.717) is 12.0 Å². The highest BCUT2D eigenvalue weighted by Crippen LogP contribution is 2.17. The van der Waals surface area contributed by atoms with Crippen LogP contribution < -0.4 is 16.0 Å². The van der Waals surface area contributed by atoms with Crippen molar-refractivity contribution in [3.63, 3.8) is 0 Å². The number of halogens is 1. The van der Waals surface area contributed by atoms with Gasteiger partial charge in [0.2, 0.25) is 5.91 Å². The van der Waals surface area contributed by atoms with E-state index in [0.717, 1.165) is 25.6 Å². The first-order valence-corrected chi connectivity index (χ1v) is 9.28. The van der Waals surface area contributed by atoms with Gasteiger partial charge in [0, 0.05) is 31.2 Å². The van der Waals surface area contributed by atoms with E-state index in [1.165, 1.54) is 19.4 Å². The molecular formula is C18H38IN5O. The monoisotopic (exact) mass is 467 g/mol. The minimum absolute atomic E-state index is 0. The van der Waals surface area contributed by atoms with Crippen LogP contribution in [0.25, 0.3) is 0 Å². The van der Waals surface area contributed by atoms with Crippen molar-refractivity contribution in [3.8, 4) is 0 Å². The fourth-order valence-electron chi connectivity index (χ4n) is 2.92. The third-order valence-electron chi connectivity index (χ3n) is 4.08. The smallest absolute Gasteiger partial charge is 0.242 e. The summed E-state index contributed by atoms with van der Waals surface area (Å²) in [7, 11) is 0. The largest absolute Gasteiger partial charge is 0.357 e. The Hall–Kier alpha value is -0.570. The Bertz CT molecular complexity index is 420. The first-order valence-electron chi connectivity index (χ1n) is 9.28. The second-order valence-electron chi connectivity index (χ2n) is 7.97. The maximum absolute atomic E-state index is 11.9. The summed E-state index contributed by atoms with van der Waals surface area (Å²) in [6, 6.07) is 0.607. The van der Waals surface area contributed by atoms with Crippen LogP contribution >= 0.6 is 24.0 Å². The highest BCUT2D eigenvalue weighted by Gasteiger charge is 2.21. The lowest BCUT2D eigenvalue weighted by molar-refractivity contribution is -0.121. The number of carbonyl (C=O) groups excluding carboxylic acids is 1. The van der Waals surface area contributed by atoms with Crippen molar-refractivity contribution in [2.75, 3.05) is 32.7 Å². The molecule has 0 aromatic carbocycles. The summed E-state index contributed by atoms with van der Waals surface area (Å²) in [4.78, 5) is 18.9. The van der Waals surface area contributed by atoms with Crippen LogP contribution in [0, 0.1) is 5.92 Å². The van der Waals surface area contributed by atoms with E-state index in [1.807, 2.05) is 27.7 Å². The number of nitrogens with zero attached hydrogens (tertiary/aromatic N) is 2. The summed E-state index contributed by atoms with van der Waals surface area (Å²) in [5.74, 6) is 1.31. The van der Waals surface area contributed by atoms with E-state index in [-0.39, 0.29) is 42.0 Å². The van der Waals surface area contributed by atoms with E-state index >= 15 is 0 Å². The highest BCUT2D eigenvalue weighted by molar-refractivity contribution is 14.0. The Morgan fingerprint density at radius 2 is 1.96 bits per heavy atom. The average molecular weight is 467 g/mol. The summed E-state index contributed by atoms with van der Waals surface area (Å²) in [5.41, 5.74) is -0.221. The Morgan fingerprint density at radius 1 is 1.28 bits per heavy atom. The predicted octanol–water partition coefficient (Wildman–Crippen LogP) is 2.19. The van der Waals surface area contributed by atoms with Gasteiger partial charge in [-0.1, -0.05) is 0 Å². The molecule has 0 spiro atoms. The summed E-state index contributed by atoms with van der Waals surface area (Å²) >= 11 is 0. The molecule has 7 heteroatoms. The van der Waals surface area contributed by atoms with Gasteiger partial charge in [-0.05, 0) is 66.8 Å². The van der Waals surface area contributed by atoms with E-state index in [9.17, 15) is 4.79 Å². The quantitative estimate of drug-likeness (QED) is 0.318. The topological polar surface area (TPSA) is 68.8 Å². The van der Waals surface area contributed by atoms with Gasteiger partial charge < -0.3 is 20.9 Å². The molecule has 25 heavy (non-hydrogen) atoms. The predicted molar refractivity (Wildman–Crippen MR) is 117 cm³/mol. The lowest BCUT2D eigenvalue weighted by Gasteiger charge is -2.35. The number of piperidine rings is 1. The third kappa shape index (κ3) is 10.9. The summed E-state index contributed by atoms with van der Waals surface area (Å²) in [5, 5.41) is 9.55. The number of aliphatic imine (C=N–C) groups is 1. The summed E-state index contributed by atoms with van der Waals surface area (Å²) < 4.78 is 0. The van der Waals surface area contributed by atoms with Crippen LogP contribution in [0.15, 0.2) is 4.99 Å². The van der Waals surface area contributed by atoms with Gasteiger partial charge in [0.1, 0.15) is 6.54 Å². The van der Waals surface area contributed by atoms with Crippen molar-refractivity contribution in [1.29, 1.82) is 0 Å². The SMILES string of the molecule is CCNC(=NCC(=O)NC(C)(C)C)NCC1CCCN(C(C)C)C1.I. The molecule has 1 aliphatic rings. The third-order valence-corrected chi connectivity index (χ3v) is 4.08. The number of likely N-dealkylation sites (tertiary alicyclic amines) is 1. The fraction of sp³-hybridized carbons (Fsp3) is 0.889. The Morgan fingerprint density at radius 3 is 2.52 bits per heavy atom. The van der Waals surface area contributed by atoms with Gasteiger partial charge in [-0.25, -0.2) is 4.99 Å². The molecular weight excluding hydrogens is 429 g/mol. The molecule has 0 aromatic heterocycles. The molecule has 1 unspecified atom stereocenters. The normalized spacial score (nSPS) is 19.3. The lowest BCUT2D eigenvalue weighted by atomic mass is 9.97. The van der Waals surface area contributed by atoms with Crippen molar-refractivity contribution in [3.05, 3.63) is 0 Å². The molecule has 1 atom stereocenters. The second-order valence-corrected chi connectivity index (χ2v) is 7.97. The number of carbonyl (C=O) groups is 1. The van der Waals surface area contributed by atoms with Gasteiger partial charge in [-0.3, -0.25) is 4.79 Å². The average Bonchev–Trinajstić information content (AvgIpc) is 2.48. The molecule has 3 N–H and O–H groups in total. The van der Waals surface area contributed by atoms with Gasteiger partial charge in [0.25, 0.3) is 0 Å². The molecule has 1 fully saturated rings. The van der Waals surface area contributed by atoms with Crippen molar-refractivity contribution in [2.45, 2.75) is 66.0 Å². The Labute approximate surface area is 171 Å². The minimum atomic E-state index is -0.221. The minimum Gasteiger partial charge on any atom is -0.357 e. The van der Waals surface area contributed by atoms with Gasteiger partial charge in [0.15, 0.2) is 5.96 Å². The number of hydrogen-bond donors (Lipinski definition) is 3. The van der Waals surface area contributed by atoms with Crippen LogP contribution in [0.1, 0.15) is 54.4 Å². The molecule has 148 valence electrons. The fourth-order valence-corrected chi connectivity index (χ4v) is 2.92. The number of nitrogens with one attached hydrogen (secondary N) is 3. The number of rotatable bonds is 6. The molecule has 0 radical (unpaired) electrons. The van der Waals surface area contributed by atoms with E-state index < -0.39 is 0 Å². The maximum atomic E-state index is 11.9. The van der Waals surface area contributed by atoms with Crippen LogP contribution in [0.2, 0.25) is 0 Å². The molecule has 0 saturated carbocycles. The van der Waals surface area contributed by atoms with Crippen molar-refractivity contribution >= 4 is 35.8 Å². The number of amides is 1. The first-order chi connectivity index (χ1) is 11.2. The van der Waals surface area contributed by atoms with Crippen molar-refractivity contribution < 1.29 is 4.79 Å². The Balaban J connectivity index is 0.00000576. The second kappa shape index (κ2) is 11.9. The lowest BCUT2D eigenvalue weighted by Crippen LogP contribution is -2.46. The van der Waals surface area contributed by atoms with Crippen LogP contribution in [0.4, 0.5) is 0 Å². The van der Waals surface area contributed by atoms with Crippen LogP contribution in [0.5, 0.6) is 0 Å². The van der Waals surface area contributed by atoms with Gasteiger partial charge in [0.05, 0.1) is 0 Å². The molecule has 6 nitrogen and oxygen atoms in total. The van der Waals surface area contributed by atoms with Crippen LogP contribution in [0.3, 0.4) is 0 Å². The van der Waals surface area contributed by atoms with Crippen LogP contribution in [-0.4, -0.2) is 61.1 Å². The number of guanidine groups is 1. The highest BCUT2D eigenvalue weighted by atomic mass is 127. The van der Waals surface area contributed by atoms with Gasteiger partial charge in [-0.2, -0.15) is 0 Å². The molecule has 1 heterocycles. The van der Waals surface area contributed by atoms with E-state index in [4.69, 9.17) is 0 Å². The van der Waals surface area contributed by atoms with Crippen LogP contribution in [-0.2, 0) is 4.79 Å². The van der Waals surface area contributed by atoms with E-state index in [1.54, 1.807) is 0 Å². The number of hydrogen-bond acceptors (Lipinski definition) is 3. The zero-order valence-corrected chi connectivity index (χ0v) is 19.1. The van der Waals surface area contributed by atoms with Crippen molar-refractivity contribution in [1.82, 2.24) is 20.9 Å². The first kappa shape index (κ1) is 24.4. The Kier molecular flexibility index (Phi) is 11.7. The van der Waals surface area contributed by atoms with Gasteiger partial charge >= 0.3 is 0 Å². The molecule has 1 amide bonds. The van der Waals surface area contributed by atoms with Gasteiger partial charge in [-0.15, -0.1) is 24.0 Å². The summed E-state index contributed by atoms with van der Waals surface area (Å²) in [6.07, 6.45) is 2.51. The van der Waals surface area contributed by atoms with Crippen molar-refractivity contribution in [2.24, 2.45) is 10.9 Å². The molecule has 1 rings (SSSR count). The maximum Gasteiger partial charge on any atom is 0.242 e. The zero-order valence-electron chi connectivity index (χ0n) is 16.8. The zero-order chi connectivity index (χ0) is 18.2. The standard InChI is InChI=1S/C18H37N5O.HI/c1-7-19-17(21-12-16(24)22-18(4,5)6)20-11-15-9-8-10-23(13-15)14(2)3;/h14-15H,7-13H2,1-6H3,(H,22,24)(H2,19,20,21);1H. The molecule has 1 aliphatic heterocycles. The molecule has 0 bridgehead atoms. The molecule has 0 aromatic rings. The molecule has 1 saturated heterocycles.